The van der Waals surface area contributed by atoms with Crippen molar-refractivity contribution in [3.05, 3.63) is 58.9 Å². The van der Waals surface area contributed by atoms with Crippen LogP contribution in [-0.4, -0.2) is 24.3 Å². The van der Waals surface area contributed by atoms with Gasteiger partial charge in [-0.05, 0) is 88.8 Å². The van der Waals surface area contributed by atoms with E-state index in [9.17, 15) is 14.3 Å². The van der Waals surface area contributed by atoms with Gasteiger partial charge in [-0.1, -0.05) is 17.7 Å². The van der Waals surface area contributed by atoms with E-state index in [2.05, 4.69) is 0 Å². The van der Waals surface area contributed by atoms with Crippen molar-refractivity contribution in [2.45, 2.75) is 53.4 Å². The lowest BCUT2D eigenvalue weighted by molar-refractivity contribution is -0.153. The molecule has 2 aromatic carbocycles. The molecule has 0 aliphatic carbocycles. The standard InChI is InChI=1S/C24H31FO4/c1-17-15-18(7-5-13-28-21-11-9-20(25)10-12-21)22(26)19(16-17)8-6-14-29-23(27)24(2,3)4/h9-12,15-16,26H,5-8,13-14H2,1-4H3. The summed E-state index contributed by atoms with van der Waals surface area (Å²) in [6.07, 6.45) is 2.72. The summed E-state index contributed by atoms with van der Waals surface area (Å²) >= 11 is 0. The lowest BCUT2D eigenvalue weighted by Crippen LogP contribution is -2.23. The Morgan fingerprint density at radius 1 is 1.00 bits per heavy atom. The highest BCUT2D eigenvalue weighted by Gasteiger charge is 2.22. The van der Waals surface area contributed by atoms with Crippen LogP contribution in [0.4, 0.5) is 4.39 Å². The van der Waals surface area contributed by atoms with Crippen molar-refractivity contribution in [3.8, 4) is 11.5 Å². The first kappa shape index (κ1) is 22.7. The fourth-order valence-electron chi connectivity index (χ4n) is 2.94. The molecule has 0 aromatic heterocycles. The number of phenols is 1. The van der Waals surface area contributed by atoms with E-state index in [1.165, 1.54) is 12.1 Å². The largest absolute Gasteiger partial charge is 0.507 e. The molecule has 0 aliphatic rings. The normalized spacial score (nSPS) is 11.3. The van der Waals surface area contributed by atoms with Crippen LogP contribution >= 0.6 is 0 Å². The third kappa shape index (κ3) is 7.41. The minimum Gasteiger partial charge on any atom is -0.507 e. The lowest BCUT2D eigenvalue weighted by atomic mass is 9.97. The molecule has 2 aromatic rings. The fraction of sp³-hybridized carbons (Fsp3) is 0.458. The van der Waals surface area contributed by atoms with E-state index < -0.39 is 5.41 Å². The van der Waals surface area contributed by atoms with E-state index in [-0.39, 0.29) is 11.8 Å². The number of carbonyl (C=O) groups excluding carboxylic acids is 1. The molecule has 0 unspecified atom stereocenters. The number of rotatable bonds is 9. The van der Waals surface area contributed by atoms with Gasteiger partial charge in [0.1, 0.15) is 17.3 Å². The summed E-state index contributed by atoms with van der Waals surface area (Å²) in [6, 6.07) is 9.89. The van der Waals surface area contributed by atoms with Gasteiger partial charge in [0.15, 0.2) is 0 Å². The van der Waals surface area contributed by atoms with Gasteiger partial charge in [-0.3, -0.25) is 4.79 Å². The maximum atomic E-state index is 12.9. The van der Waals surface area contributed by atoms with E-state index in [1.54, 1.807) is 12.1 Å². The summed E-state index contributed by atoms with van der Waals surface area (Å²) in [4.78, 5) is 11.8. The molecule has 0 aliphatic heterocycles. The highest BCUT2D eigenvalue weighted by molar-refractivity contribution is 5.75. The van der Waals surface area contributed by atoms with E-state index in [0.29, 0.717) is 44.0 Å². The summed E-state index contributed by atoms with van der Waals surface area (Å²) in [5.74, 6) is 0.431. The van der Waals surface area contributed by atoms with Crippen molar-refractivity contribution in [3.63, 3.8) is 0 Å². The maximum Gasteiger partial charge on any atom is 0.311 e. The molecule has 0 heterocycles. The molecule has 2 rings (SSSR count). The monoisotopic (exact) mass is 402 g/mol. The Balaban J connectivity index is 1.84. The second-order valence-electron chi connectivity index (χ2n) is 8.33. The fourth-order valence-corrected chi connectivity index (χ4v) is 2.94. The minimum atomic E-state index is -0.505. The van der Waals surface area contributed by atoms with Crippen LogP contribution in [-0.2, 0) is 22.4 Å². The van der Waals surface area contributed by atoms with Gasteiger partial charge in [0.25, 0.3) is 0 Å². The van der Waals surface area contributed by atoms with Crippen molar-refractivity contribution in [1.82, 2.24) is 0 Å². The number of phenolic OH excluding ortho intramolecular Hbond substituents is 1. The number of aryl methyl sites for hydroxylation is 3. The predicted octanol–water partition coefficient (Wildman–Crippen LogP) is 5.37. The van der Waals surface area contributed by atoms with Gasteiger partial charge in [-0.15, -0.1) is 0 Å². The zero-order valence-corrected chi connectivity index (χ0v) is 17.8. The van der Waals surface area contributed by atoms with Crippen molar-refractivity contribution >= 4 is 5.97 Å². The molecule has 0 bridgehead atoms. The zero-order valence-electron chi connectivity index (χ0n) is 17.8. The van der Waals surface area contributed by atoms with Crippen LogP contribution < -0.4 is 4.74 Å². The van der Waals surface area contributed by atoms with Crippen LogP contribution in [0.5, 0.6) is 11.5 Å². The number of ether oxygens (including phenoxy) is 2. The lowest BCUT2D eigenvalue weighted by Gasteiger charge is -2.17. The molecule has 4 nitrogen and oxygen atoms in total. The molecular formula is C24H31FO4. The first-order valence-electron chi connectivity index (χ1n) is 10.0. The highest BCUT2D eigenvalue weighted by atomic mass is 19.1. The van der Waals surface area contributed by atoms with Crippen molar-refractivity contribution in [1.29, 1.82) is 0 Å². The van der Waals surface area contributed by atoms with Crippen LogP contribution in [0.15, 0.2) is 36.4 Å². The van der Waals surface area contributed by atoms with Crippen LogP contribution in [0.1, 0.15) is 50.3 Å². The summed E-state index contributed by atoms with van der Waals surface area (Å²) in [7, 11) is 0. The van der Waals surface area contributed by atoms with Crippen LogP contribution in [0.25, 0.3) is 0 Å². The number of hydrogen-bond donors (Lipinski definition) is 1. The number of carbonyl (C=O) groups is 1. The van der Waals surface area contributed by atoms with Crippen LogP contribution in [0.3, 0.4) is 0 Å². The molecule has 0 saturated carbocycles. The van der Waals surface area contributed by atoms with E-state index in [4.69, 9.17) is 9.47 Å². The molecule has 158 valence electrons. The third-order valence-electron chi connectivity index (χ3n) is 4.52. The minimum absolute atomic E-state index is 0.215. The Morgan fingerprint density at radius 3 is 2.10 bits per heavy atom. The molecule has 29 heavy (non-hydrogen) atoms. The van der Waals surface area contributed by atoms with Crippen LogP contribution in [0, 0.1) is 18.2 Å². The Morgan fingerprint density at radius 2 is 1.55 bits per heavy atom. The summed E-state index contributed by atoms with van der Waals surface area (Å²) in [5, 5.41) is 10.6. The molecule has 0 spiro atoms. The number of benzene rings is 2. The molecule has 0 atom stereocenters. The first-order valence-corrected chi connectivity index (χ1v) is 10.0. The molecular weight excluding hydrogens is 371 g/mol. The van der Waals surface area contributed by atoms with Gasteiger partial charge in [-0.25, -0.2) is 4.39 Å². The Kier molecular flexibility index (Phi) is 8.06. The molecule has 0 radical (unpaired) electrons. The first-order chi connectivity index (χ1) is 13.7. The van der Waals surface area contributed by atoms with Gasteiger partial charge in [-0.2, -0.15) is 0 Å². The highest BCUT2D eigenvalue weighted by Crippen LogP contribution is 2.27. The number of aromatic hydroxyl groups is 1. The average Bonchev–Trinajstić information content (AvgIpc) is 2.65. The number of hydrogen-bond acceptors (Lipinski definition) is 4. The van der Waals surface area contributed by atoms with Crippen molar-refractivity contribution in [2.75, 3.05) is 13.2 Å². The molecule has 5 heteroatoms. The van der Waals surface area contributed by atoms with Gasteiger partial charge in [0.05, 0.1) is 18.6 Å². The molecule has 0 amide bonds. The predicted molar refractivity (Wildman–Crippen MR) is 112 cm³/mol. The second-order valence-corrected chi connectivity index (χ2v) is 8.33. The second kappa shape index (κ2) is 10.3. The van der Waals surface area contributed by atoms with Crippen LogP contribution in [0.2, 0.25) is 0 Å². The number of esters is 1. The average molecular weight is 403 g/mol. The van der Waals surface area contributed by atoms with Gasteiger partial charge >= 0.3 is 5.97 Å². The Hall–Kier alpha value is -2.56. The molecule has 0 saturated heterocycles. The zero-order chi connectivity index (χ0) is 21.4. The van der Waals surface area contributed by atoms with Gasteiger partial charge in [0, 0.05) is 0 Å². The van der Waals surface area contributed by atoms with E-state index >= 15 is 0 Å². The maximum absolute atomic E-state index is 12.9. The Bertz CT molecular complexity index is 807. The van der Waals surface area contributed by atoms with Crippen molar-refractivity contribution in [2.24, 2.45) is 5.41 Å². The summed E-state index contributed by atoms with van der Waals surface area (Å²) < 4.78 is 23.8. The third-order valence-corrected chi connectivity index (χ3v) is 4.52. The van der Waals surface area contributed by atoms with E-state index in [1.807, 2.05) is 39.8 Å². The van der Waals surface area contributed by atoms with E-state index in [0.717, 1.165) is 23.1 Å². The summed E-state index contributed by atoms with van der Waals surface area (Å²) in [5.41, 5.74) is 2.33. The topological polar surface area (TPSA) is 55.8 Å². The number of halogens is 1. The quantitative estimate of drug-likeness (QED) is 0.452. The van der Waals surface area contributed by atoms with Crippen molar-refractivity contribution < 1.29 is 23.8 Å². The molecule has 1 N–H and O–H groups in total. The summed E-state index contributed by atoms with van der Waals surface area (Å²) in [6.45, 7) is 8.30. The SMILES string of the molecule is Cc1cc(CCCOC(=O)C(C)(C)C)c(O)c(CCCOc2ccc(F)cc2)c1. The molecule has 0 fully saturated rings. The Labute approximate surface area is 172 Å². The van der Waals surface area contributed by atoms with Gasteiger partial charge in [0.2, 0.25) is 0 Å². The smallest absolute Gasteiger partial charge is 0.311 e. The van der Waals surface area contributed by atoms with Gasteiger partial charge < -0.3 is 14.6 Å².